The van der Waals surface area contributed by atoms with Crippen molar-refractivity contribution in [3.63, 3.8) is 0 Å². The van der Waals surface area contributed by atoms with Crippen LogP contribution in [0.15, 0.2) is 42.0 Å². The van der Waals surface area contributed by atoms with Gasteiger partial charge in [0.2, 0.25) is 0 Å². The number of hydrogen-bond donors (Lipinski definition) is 0. The summed E-state index contributed by atoms with van der Waals surface area (Å²) in [7, 11) is 0. The molecule has 3 aromatic rings. The Morgan fingerprint density at radius 1 is 1.00 bits per heavy atom. The van der Waals surface area contributed by atoms with Crippen molar-refractivity contribution in [2.45, 2.75) is 0 Å². The summed E-state index contributed by atoms with van der Waals surface area (Å²) in [4.78, 5) is 9.38. The maximum atomic E-state index is 12.8. The Morgan fingerprint density at radius 3 is 2.62 bits per heavy atom. The lowest BCUT2D eigenvalue weighted by Gasteiger charge is -2.01. The Balaban J connectivity index is 2.25. The third-order valence-electron chi connectivity index (χ3n) is 2.38. The highest BCUT2D eigenvalue weighted by atomic mass is 32.1. The van der Waals surface area contributed by atoms with Gasteiger partial charge in [-0.2, -0.15) is 0 Å². The lowest BCUT2D eigenvalue weighted by atomic mass is 10.1. The zero-order chi connectivity index (χ0) is 11.0. The molecule has 2 nitrogen and oxygen atoms in total. The molecule has 16 heavy (non-hydrogen) atoms. The highest BCUT2D eigenvalue weighted by Gasteiger charge is 2.06. The second-order valence-electron chi connectivity index (χ2n) is 3.37. The summed E-state index contributed by atoms with van der Waals surface area (Å²) in [5.41, 5.74) is 1.76. The third kappa shape index (κ3) is 1.47. The van der Waals surface area contributed by atoms with Gasteiger partial charge < -0.3 is 0 Å². The molecule has 0 aliphatic carbocycles. The van der Waals surface area contributed by atoms with Crippen molar-refractivity contribution in [1.29, 1.82) is 0 Å². The van der Waals surface area contributed by atoms with Crippen LogP contribution < -0.4 is 0 Å². The minimum Gasteiger partial charge on any atom is -0.236 e. The quantitative estimate of drug-likeness (QED) is 0.639. The molecular weight excluding hydrogens is 223 g/mol. The average Bonchev–Trinajstić information content (AvgIpc) is 2.78. The smallest absolute Gasteiger partial charge is 0.127 e. The molecule has 78 valence electrons. The van der Waals surface area contributed by atoms with Crippen LogP contribution in [0.5, 0.6) is 0 Å². The van der Waals surface area contributed by atoms with Gasteiger partial charge >= 0.3 is 0 Å². The SMILES string of the molecule is Fc1ccc(-c2ncnc3sccc23)cc1. The number of thiophene rings is 1. The van der Waals surface area contributed by atoms with Crippen LogP contribution in [0.4, 0.5) is 4.39 Å². The maximum absolute atomic E-state index is 12.8. The number of hydrogen-bond acceptors (Lipinski definition) is 3. The molecule has 1 aromatic carbocycles. The number of benzene rings is 1. The topological polar surface area (TPSA) is 25.8 Å². The molecule has 0 unspecified atom stereocenters. The zero-order valence-corrected chi connectivity index (χ0v) is 9.04. The van der Waals surface area contributed by atoms with Crippen LogP contribution in [-0.4, -0.2) is 9.97 Å². The highest BCUT2D eigenvalue weighted by molar-refractivity contribution is 7.16. The molecule has 0 spiro atoms. The number of aromatic nitrogens is 2. The van der Waals surface area contributed by atoms with Crippen molar-refractivity contribution in [2.75, 3.05) is 0 Å². The van der Waals surface area contributed by atoms with E-state index in [-0.39, 0.29) is 5.82 Å². The number of fused-ring (bicyclic) bond motifs is 1. The monoisotopic (exact) mass is 230 g/mol. The highest BCUT2D eigenvalue weighted by Crippen LogP contribution is 2.28. The first-order chi connectivity index (χ1) is 7.84. The second kappa shape index (κ2) is 3.64. The van der Waals surface area contributed by atoms with E-state index in [2.05, 4.69) is 9.97 Å². The Bertz CT molecular complexity index is 631. The van der Waals surface area contributed by atoms with E-state index in [4.69, 9.17) is 0 Å². The molecule has 0 fully saturated rings. The van der Waals surface area contributed by atoms with E-state index in [1.54, 1.807) is 23.5 Å². The van der Waals surface area contributed by atoms with Gasteiger partial charge in [-0.05, 0) is 35.7 Å². The first kappa shape index (κ1) is 9.42. The molecule has 0 N–H and O–H groups in total. The van der Waals surface area contributed by atoms with Crippen LogP contribution in [0.1, 0.15) is 0 Å². The van der Waals surface area contributed by atoms with Crippen molar-refractivity contribution >= 4 is 21.6 Å². The molecule has 0 amide bonds. The summed E-state index contributed by atoms with van der Waals surface area (Å²) in [6.07, 6.45) is 1.54. The molecule has 0 aliphatic heterocycles. The molecule has 3 rings (SSSR count). The largest absolute Gasteiger partial charge is 0.236 e. The standard InChI is InChI=1S/C12H7FN2S/c13-9-3-1-8(2-4-9)11-10-5-6-16-12(10)15-7-14-11/h1-7H. The minimum absolute atomic E-state index is 0.237. The predicted octanol–water partition coefficient (Wildman–Crippen LogP) is 3.50. The van der Waals surface area contributed by atoms with Crippen LogP contribution in [0.2, 0.25) is 0 Å². The van der Waals surface area contributed by atoms with Crippen molar-refractivity contribution in [1.82, 2.24) is 9.97 Å². The van der Waals surface area contributed by atoms with Gasteiger partial charge in [-0.1, -0.05) is 0 Å². The van der Waals surface area contributed by atoms with E-state index >= 15 is 0 Å². The number of rotatable bonds is 1. The Morgan fingerprint density at radius 2 is 1.81 bits per heavy atom. The number of halogens is 1. The lowest BCUT2D eigenvalue weighted by molar-refractivity contribution is 0.628. The van der Waals surface area contributed by atoms with Crippen LogP contribution in [0.25, 0.3) is 21.5 Å². The first-order valence-electron chi connectivity index (χ1n) is 4.79. The van der Waals surface area contributed by atoms with E-state index in [1.807, 2.05) is 11.4 Å². The summed E-state index contributed by atoms with van der Waals surface area (Å²) >= 11 is 1.57. The van der Waals surface area contributed by atoms with E-state index in [1.165, 1.54) is 18.5 Å². The Hall–Kier alpha value is -1.81. The van der Waals surface area contributed by atoms with Crippen molar-refractivity contribution in [3.05, 3.63) is 47.9 Å². The van der Waals surface area contributed by atoms with Gasteiger partial charge in [0.05, 0.1) is 5.69 Å². The van der Waals surface area contributed by atoms with E-state index in [0.29, 0.717) is 0 Å². The molecule has 0 radical (unpaired) electrons. The minimum atomic E-state index is -0.237. The van der Waals surface area contributed by atoms with Gasteiger partial charge in [0.15, 0.2) is 0 Å². The summed E-state index contributed by atoms with van der Waals surface area (Å²) < 4.78 is 12.8. The van der Waals surface area contributed by atoms with Crippen LogP contribution in [-0.2, 0) is 0 Å². The molecule has 4 heteroatoms. The second-order valence-corrected chi connectivity index (χ2v) is 4.26. The molecular formula is C12H7FN2S. The fraction of sp³-hybridized carbons (Fsp3) is 0. The van der Waals surface area contributed by atoms with Gasteiger partial charge in [0, 0.05) is 10.9 Å². The number of nitrogens with zero attached hydrogens (tertiary/aromatic N) is 2. The fourth-order valence-electron chi connectivity index (χ4n) is 1.63. The van der Waals surface area contributed by atoms with Crippen LogP contribution in [0.3, 0.4) is 0 Å². The van der Waals surface area contributed by atoms with Crippen molar-refractivity contribution in [2.24, 2.45) is 0 Å². The third-order valence-corrected chi connectivity index (χ3v) is 3.20. The molecule has 2 heterocycles. The van der Waals surface area contributed by atoms with Gasteiger partial charge in [0.25, 0.3) is 0 Å². The first-order valence-corrected chi connectivity index (χ1v) is 5.67. The zero-order valence-electron chi connectivity index (χ0n) is 8.22. The van der Waals surface area contributed by atoms with E-state index < -0.39 is 0 Å². The molecule has 0 bridgehead atoms. The lowest BCUT2D eigenvalue weighted by Crippen LogP contribution is -1.86. The Labute approximate surface area is 95.4 Å². The fourth-order valence-corrected chi connectivity index (χ4v) is 2.36. The Kier molecular flexibility index (Phi) is 2.15. The predicted molar refractivity (Wildman–Crippen MR) is 62.8 cm³/mol. The summed E-state index contributed by atoms with van der Waals surface area (Å²) in [5, 5.41) is 2.99. The van der Waals surface area contributed by atoms with Gasteiger partial charge in [-0.25, -0.2) is 14.4 Å². The average molecular weight is 230 g/mol. The molecule has 0 saturated carbocycles. The summed E-state index contributed by atoms with van der Waals surface area (Å²) in [6.45, 7) is 0. The molecule has 0 atom stereocenters. The van der Waals surface area contributed by atoms with Crippen molar-refractivity contribution < 1.29 is 4.39 Å². The summed E-state index contributed by atoms with van der Waals surface area (Å²) in [6, 6.07) is 8.33. The summed E-state index contributed by atoms with van der Waals surface area (Å²) in [5.74, 6) is -0.237. The van der Waals surface area contributed by atoms with Crippen LogP contribution in [0, 0.1) is 5.82 Å². The van der Waals surface area contributed by atoms with Crippen molar-refractivity contribution in [3.8, 4) is 11.3 Å². The molecule has 2 aromatic heterocycles. The van der Waals surface area contributed by atoms with Crippen LogP contribution >= 0.6 is 11.3 Å². The normalized spacial score (nSPS) is 10.8. The molecule has 0 saturated heterocycles. The van der Waals surface area contributed by atoms with E-state index in [9.17, 15) is 4.39 Å². The maximum Gasteiger partial charge on any atom is 0.127 e. The van der Waals surface area contributed by atoms with E-state index in [0.717, 1.165) is 21.5 Å². The van der Waals surface area contributed by atoms with Gasteiger partial charge in [-0.3, -0.25) is 0 Å². The van der Waals surface area contributed by atoms with Gasteiger partial charge in [0.1, 0.15) is 17.0 Å². The molecule has 0 aliphatic rings. The van der Waals surface area contributed by atoms with Gasteiger partial charge in [-0.15, -0.1) is 11.3 Å².